The van der Waals surface area contributed by atoms with Crippen LogP contribution in [0.3, 0.4) is 0 Å². The van der Waals surface area contributed by atoms with Crippen LogP contribution in [0.1, 0.15) is 53.4 Å². The van der Waals surface area contributed by atoms with Crippen molar-refractivity contribution in [3.8, 4) is 0 Å². The zero-order valence-electron chi connectivity index (χ0n) is 8.28. The second-order valence-corrected chi connectivity index (χ2v) is 5.43. The summed E-state index contributed by atoms with van der Waals surface area (Å²) in [5.74, 6) is 0. The summed E-state index contributed by atoms with van der Waals surface area (Å²) >= 11 is 3.73. The van der Waals surface area contributed by atoms with Crippen LogP contribution in [0.15, 0.2) is 0 Å². The number of hydrogen-bond donors (Lipinski definition) is 0. The molecule has 0 aromatic heterocycles. The predicted octanol–water partition coefficient (Wildman–Crippen LogP) is 4.38. The van der Waals surface area contributed by atoms with E-state index < -0.39 is 0 Å². The zero-order valence-corrected chi connectivity index (χ0v) is 9.87. The van der Waals surface area contributed by atoms with Crippen molar-refractivity contribution in [1.29, 1.82) is 0 Å². The second-order valence-electron chi connectivity index (χ2n) is 4.33. The molecule has 0 heterocycles. The lowest BCUT2D eigenvalue weighted by Gasteiger charge is -2.25. The molecular formula is C10H21Br. The van der Waals surface area contributed by atoms with Gasteiger partial charge in [-0.2, -0.15) is 0 Å². The molecule has 0 saturated heterocycles. The Morgan fingerprint density at radius 2 is 1.73 bits per heavy atom. The van der Waals surface area contributed by atoms with Crippen molar-refractivity contribution in [2.45, 2.75) is 58.2 Å². The highest BCUT2D eigenvalue weighted by molar-refractivity contribution is 9.09. The van der Waals surface area contributed by atoms with Crippen LogP contribution in [0.25, 0.3) is 0 Å². The van der Waals surface area contributed by atoms with E-state index in [9.17, 15) is 0 Å². The summed E-state index contributed by atoms with van der Waals surface area (Å²) in [6.45, 7) is 9.12. The number of hydrogen-bond acceptors (Lipinski definition) is 0. The van der Waals surface area contributed by atoms with Gasteiger partial charge in [0.05, 0.1) is 0 Å². The first-order valence-corrected chi connectivity index (χ1v) is 5.54. The molecule has 1 unspecified atom stereocenters. The zero-order chi connectivity index (χ0) is 8.91. The summed E-state index contributed by atoms with van der Waals surface area (Å²) in [6, 6.07) is 0. The minimum absolute atomic E-state index is 0.424. The molecule has 11 heavy (non-hydrogen) atoms. The van der Waals surface area contributed by atoms with E-state index in [2.05, 4.69) is 43.6 Å². The van der Waals surface area contributed by atoms with Crippen LogP contribution in [0, 0.1) is 5.41 Å². The lowest BCUT2D eigenvalue weighted by molar-refractivity contribution is 0.377. The summed E-state index contributed by atoms with van der Waals surface area (Å²) in [5, 5.41) is 0. The summed E-state index contributed by atoms with van der Waals surface area (Å²) in [7, 11) is 0. The largest absolute Gasteiger partial charge is 0.0885 e. The summed E-state index contributed by atoms with van der Waals surface area (Å²) in [6.07, 6.45) is 5.38. The molecule has 0 aliphatic carbocycles. The van der Waals surface area contributed by atoms with Gasteiger partial charge >= 0.3 is 0 Å². The van der Waals surface area contributed by atoms with Crippen molar-refractivity contribution < 1.29 is 0 Å². The third-order valence-corrected chi connectivity index (χ3v) is 3.83. The van der Waals surface area contributed by atoms with Crippen molar-refractivity contribution in [2.75, 3.05) is 0 Å². The predicted molar refractivity (Wildman–Crippen MR) is 56.3 cm³/mol. The third-order valence-electron chi connectivity index (χ3n) is 2.00. The first-order chi connectivity index (χ1) is 4.98. The molecule has 0 aliphatic heterocycles. The first-order valence-electron chi connectivity index (χ1n) is 4.62. The minimum Gasteiger partial charge on any atom is -0.0885 e. The normalized spacial score (nSPS) is 15.0. The summed E-state index contributed by atoms with van der Waals surface area (Å²) in [4.78, 5) is 0.682. The topological polar surface area (TPSA) is 0 Å². The fourth-order valence-corrected chi connectivity index (χ4v) is 1.33. The van der Waals surface area contributed by atoms with Crippen LogP contribution in [-0.4, -0.2) is 4.83 Å². The Kier molecular flexibility index (Phi) is 5.41. The minimum atomic E-state index is 0.424. The highest BCUT2D eigenvalue weighted by Crippen LogP contribution is 2.29. The number of rotatable bonds is 4. The van der Waals surface area contributed by atoms with E-state index in [0.717, 1.165) is 0 Å². The highest BCUT2D eigenvalue weighted by atomic mass is 79.9. The standard InChI is InChI=1S/C10H21Br/c1-5-6-7-8-9(11)10(2,3)4/h9H,5-8H2,1-4H3. The Morgan fingerprint density at radius 3 is 2.09 bits per heavy atom. The Balaban J connectivity index is 3.44. The smallest absolute Gasteiger partial charge is 0.0194 e. The van der Waals surface area contributed by atoms with Gasteiger partial charge in [-0.05, 0) is 11.8 Å². The number of halogens is 1. The van der Waals surface area contributed by atoms with Gasteiger partial charge < -0.3 is 0 Å². The van der Waals surface area contributed by atoms with E-state index in [1.807, 2.05) is 0 Å². The molecule has 0 fully saturated rings. The molecule has 0 spiro atoms. The van der Waals surface area contributed by atoms with Crippen molar-refractivity contribution in [2.24, 2.45) is 5.41 Å². The molecule has 1 heteroatoms. The molecule has 0 aromatic rings. The van der Waals surface area contributed by atoms with Gasteiger partial charge in [0.15, 0.2) is 0 Å². The van der Waals surface area contributed by atoms with E-state index in [-0.39, 0.29) is 0 Å². The molecule has 0 bridgehead atoms. The van der Waals surface area contributed by atoms with Crippen molar-refractivity contribution >= 4 is 15.9 Å². The van der Waals surface area contributed by atoms with Gasteiger partial charge in [-0.25, -0.2) is 0 Å². The first kappa shape index (κ1) is 11.5. The molecule has 0 nitrogen and oxygen atoms in total. The molecule has 0 radical (unpaired) electrons. The maximum Gasteiger partial charge on any atom is 0.0194 e. The van der Waals surface area contributed by atoms with E-state index in [0.29, 0.717) is 10.2 Å². The van der Waals surface area contributed by atoms with Crippen LogP contribution in [0.5, 0.6) is 0 Å². The SMILES string of the molecule is CCCCCC(Br)C(C)(C)C. The molecule has 0 N–H and O–H groups in total. The number of alkyl halides is 1. The van der Waals surface area contributed by atoms with Gasteiger partial charge in [0, 0.05) is 4.83 Å². The summed E-state index contributed by atoms with van der Waals surface area (Å²) in [5.41, 5.74) is 0.424. The fourth-order valence-electron chi connectivity index (χ4n) is 1.01. The maximum absolute atomic E-state index is 3.73. The Hall–Kier alpha value is 0.480. The second kappa shape index (κ2) is 5.18. The van der Waals surface area contributed by atoms with E-state index >= 15 is 0 Å². The molecule has 0 saturated carbocycles. The lowest BCUT2D eigenvalue weighted by atomic mass is 9.89. The van der Waals surface area contributed by atoms with Gasteiger partial charge in [-0.1, -0.05) is 62.9 Å². The van der Waals surface area contributed by atoms with Crippen LogP contribution >= 0.6 is 15.9 Å². The van der Waals surface area contributed by atoms with Crippen molar-refractivity contribution in [1.82, 2.24) is 0 Å². The van der Waals surface area contributed by atoms with Gasteiger partial charge in [0.2, 0.25) is 0 Å². The molecule has 0 aliphatic rings. The van der Waals surface area contributed by atoms with Crippen molar-refractivity contribution in [3.63, 3.8) is 0 Å². The molecule has 0 rings (SSSR count). The van der Waals surface area contributed by atoms with Crippen LogP contribution in [0.2, 0.25) is 0 Å². The average molecular weight is 221 g/mol. The molecular weight excluding hydrogens is 200 g/mol. The van der Waals surface area contributed by atoms with Gasteiger partial charge in [-0.3, -0.25) is 0 Å². The Bertz CT molecular complexity index is 91.5. The Morgan fingerprint density at radius 1 is 1.18 bits per heavy atom. The third kappa shape index (κ3) is 5.72. The van der Waals surface area contributed by atoms with Gasteiger partial charge in [0.25, 0.3) is 0 Å². The van der Waals surface area contributed by atoms with Crippen LogP contribution < -0.4 is 0 Å². The average Bonchev–Trinajstić information content (AvgIpc) is 1.86. The van der Waals surface area contributed by atoms with Crippen LogP contribution in [-0.2, 0) is 0 Å². The molecule has 0 aromatic carbocycles. The Labute approximate surface area is 79.9 Å². The van der Waals surface area contributed by atoms with E-state index in [1.54, 1.807) is 0 Å². The highest BCUT2D eigenvalue weighted by Gasteiger charge is 2.20. The summed E-state index contributed by atoms with van der Waals surface area (Å²) < 4.78 is 0. The van der Waals surface area contributed by atoms with Gasteiger partial charge in [0.1, 0.15) is 0 Å². The lowest BCUT2D eigenvalue weighted by Crippen LogP contribution is -2.19. The number of unbranched alkanes of at least 4 members (excludes halogenated alkanes) is 2. The molecule has 0 amide bonds. The van der Waals surface area contributed by atoms with E-state index in [4.69, 9.17) is 0 Å². The molecule has 1 atom stereocenters. The quantitative estimate of drug-likeness (QED) is 0.488. The maximum atomic E-state index is 3.73. The van der Waals surface area contributed by atoms with Gasteiger partial charge in [-0.15, -0.1) is 0 Å². The molecule has 68 valence electrons. The van der Waals surface area contributed by atoms with E-state index in [1.165, 1.54) is 25.7 Å². The monoisotopic (exact) mass is 220 g/mol. The van der Waals surface area contributed by atoms with Crippen LogP contribution in [0.4, 0.5) is 0 Å². The fraction of sp³-hybridized carbons (Fsp3) is 1.00. The van der Waals surface area contributed by atoms with Crippen molar-refractivity contribution in [3.05, 3.63) is 0 Å².